The highest BCUT2D eigenvalue weighted by Crippen LogP contribution is 2.39. The van der Waals surface area contributed by atoms with Crippen LogP contribution >= 0.6 is 47.8 Å². The van der Waals surface area contributed by atoms with Gasteiger partial charge in [-0.2, -0.15) is 0 Å². The first kappa shape index (κ1) is 12.4. The Bertz CT molecular complexity index is 96.5. The number of rotatable bonds is 4. The maximum atomic E-state index is 5.28. The molecule has 0 aromatic carbocycles. The third kappa shape index (κ3) is 5.58. The van der Waals surface area contributed by atoms with E-state index in [-0.39, 0.29) is 6.29 Å². The molecule has 0 amide bonds. The van der Waals surface area contributed by atoms with Gasteiger partial charge in [0.05, 0.1) is 0 Å². The maximum Gasteiger partial charge on any atom is 0.192 e. The van der Waals surface area contributed by atoms with Crippen LogP contribution in [0.25, 0.3) is 0 Å². The Balaban J connectivity index is 3.88. The van der Waals surface area contributed by atoms with Gasteiger partial charge in [-0.3, -0.25) is 0 Å². The SMILES string of the molecule is CCOC(OCC)C(Br)(Br)Br. The molecule has 68 valence electrons. The van der Waals surface area contributed by atoms with E-state index < -0.39 is 2.14 Å². The van der Waals surface area contributed by atoms with Gasteiger partial charge in [0.1, 0.15) is 0 Å². The molecule has 2 nitrogen and oxygen atoms in total. The highest BCUT2D eigenvalue weighted by molar-refractivity contribution is 9.39. The normalized spacial score (nSPS) is 12.5. The second-order valence-corrected chi connectivity index (χ2v) is 8.73. The van der Waals surface area contributed by atoms with Crippen LogP contribution in [0.4, 0.5) is 0 Å². The first-order valence-electron chi connectivity index (χ1n) is 3.32. The molecule has 0 bridgehead atoms. The Kier molecular flexibility index (Phi) is 6.64. The van der Waals surface area contributed by atoms with E-state index in [1.165, 1.54) is 0 Å². The molecule has 0 aliphatic rings. The van der Waals surface area contributed by atoms with Crippen LogP contribution in [0.2, 0.25) is 0 Å². The fraction of sp³-hybridized carbons (Fsp3) is 1.00. The number of halogens is 3. The lowest BCUT2D eigenvalue weighted by Crippen LogP contribution is -2.30. The van der Waals surface area contributed by atoms with Crippen molar-refractivity contribution in [3.8, 4) is 0 Å². The minimum absolute atomic E-state index is 0.322. The van der Waals surface area contributed by atoms with Crippen LogP contribution in [-0.4, -0.2) is 21.6 Å². The first-order valence-corrected chi connectivity index (χ1v) is 5.70. The van der Waals surface area contributed by atoms with E-state index in [1.807, 2.05) is 13.8 Å². The summed E-state index contributed by atoms with van der Waals surface area (Å²) in [6.07, 6.45) is -0.322. The number of ether oxygens (including phenoxy) is 2. The van der Waals surface area contributed by atoms with Gasteiger partial charge in [-0.15, -0.1) is 0 Å². The van der Waals surface area contributed by atoms with E-state index >= 15 is 0 Å². The van der Waals surface area contributed by atoms with Crippen LogP contribution in [0, 0.1) is 0 Å². The predicted octanol–water partition coefficient (Wildman–Crippen LogP) is 3.22. The van der Waals surface area contributed by atoms with E-state index in [2.05, 4.69) is 47.8 Å². The van der Waals surface area contributed by atoms with Crippen LogP contribution in [0.1, 0.15) is 13.8 Å². The third-order valence-electron chi connectivity index (χ3n) is 0.903. The Morgan fingerprint density at radius 3 is 1.64 bits per heavy atom. The van der Waals surface area contributed by atoms with Crippen molar-refractivity contribution >= 4 is 47.8 Å². The van der Waals surface area contributed by atoms with Crippen LogP contribution in [0.5, 0.6) is 0 Å². The average molecular weight is 355 g/mol. The van der Waals surface area contributed by atoms with Crippen molar-refractivity contribution in [2.45, 2.75) is 22.3 Å². The summed E-state index contributed by atoms with van der Waals surface area (Å²) in [7, 11) is 0. The standard InChI is InChI=1S/C6H11Br3O2/c1-3-10-5(11-4-2)6(7,8)9/h5H,3-4H2,1-2H3. The van der Waals surface area contributed by atoms with Gasteiger partial charge in [-0.05, 0) is 13.8 Å². The Morgan fingerprint density at radius 1 is 1.09 bits per heavy atom. The van der Waals surface area contributed by atoms with Crippen molar-refractivity contribution in [3.63, 3.8) is 0 Å². The molecule has 0 radical (unpaired) electrons. The largest absolute Gasteiger partial charge is 0.350 e. The summed E-state index contributed by atoms with van der Waals surface area (Å²) >= 11 is 9.99. The summed E-state index contributed by atoms with van der Waals surface area (Å²) in [6.45, 7) is 5.08. The number of hydrogen-bond donors (Lipinski definition) is 0. The van der Waals surface area contributed by atoms with E-state index in [9.17, 15) is 0 Å². The summed E-state index contributed by atoms with van der Waals surface area (Å²) in [5.74, 6) is 0. The third-order valence-corrected chi connectivity index (χ3v) is 2.02. The fourth-order valence-electron chi connectivity index (χ4n) is 0.540. The molecule has 11 heavy (non-hydrogen) atoms. The topological polar surface area (TPSA) is 18.5 Å². The molecule has 0 atom stereocenters. The van der Waals surface area contributed by atoms with Gasteiger partial charge >= 0.3 is 0 Å². The number of alkyl halides is 3. The van der Waals surface area contributed by atoms with E-state index in [4.69, 9.17) is 9.47 Å². The lowest BCUT2D eigenvalue weighted by atomic mass is 10.7. The molecule has 0 aromatic rings. The van der Waals surface area contributed by atoms with Gasteiger partial charge < -0.3 is 9.47 Å². The van der Waals surface area contributed by atoms with Gasteiger partial charge in [0.25, 0.3) is 0 Å². The molecule has 0 rings (SSSR count). The molecule has 0 N–H and O–H groups in total. The summed E-state index contributed by atoms with van der Waals surface area (Å²) in [5, 5.41) is 0. The minimum Gasteiger partial charge on any atom is -0.350 e. The molecule has 0 spiro atoms. The zero-order valence-corrected chi connectivity index (χ0v) is 11.2. The Morgan fingerprint density at radius 2 is 1.45 bits per heavy atom. The van der Waals surface area contributed by atoms with Crippen molar-refractivity contribution in [1.82, 2.24) is 0 Å². The maximum absolute atomic E-state index is 5.28. The summed E-state index contributed by atoms with van der Waals surface area (Å²) in [4.78, 5) is 0. The first-order chi connectivity index (χ1) is 5.02. The minimum atomic E-state index is -0.487. The fourth-order valence-corrected chi connectivity index (χ4v) is 1.33. The Labute approximate surface area is 92.4 Å². The molecule has 0 unspecified atom stereocenters. The average Bonchev–Trinajstić information content (AvgIpc) is 1.85. The predicted molar refractivity (Wildman–Crippen MR) is 56.6 cm³/mol. The van der Waals surface area contributed by atoms with Crippen molar-refractivity contribution in [1.29, 1.82) is 0 Å². The molecule has 0 aliphatic carbocycles. The van der Waals surface area contributed by atoms with Gasteiger partial charge in [0.2, 0.25) is 0 Å². The van der Waals surface area contributed by atoms with Crippen molar-refractivity contribution < 1.29 is 9.47 Å². The second kappa shape index (κ2) is 5.91. The van der Waals surface area contributed by atoms with Crippen molar-refractivity contribution in [2.24, 2.45) is 0 Å². The number of hydrogen-bond acceptors (Lipinski definition) is 2. The molecule has 0 aliphatic heterocycles. The van der Waals surface area contributed by atoms with Crippen LogP contribution in [0.15, 0.2) is 0 Å². The van der Waals surface area contributed by atoms with E-state index in [1.54, 1.807) is 0 Å². The highest BCUT2D eigenvalue weighted by Gasteiger charge is 2.31. The molecule has 0 fully saturated rings. The van der Waals surface area contributed by atoms with Crippen LogP contribution in [-0.2, 0) is 9.47 Å². The van der Waals surface area contributed by atoms with Gasteiger partial charge in [-0.25, -0.2) is 0 Å². The molecule has 0 saturated carbocycles. The second-order valence-electron chi connectivity index (χ2n) is 1.78. The van der Waals surface area contributed by atoms with Gasteiger partial charge in [0, 0.05) is 13.2 Å². The Hall–Kier alpha value is 1.36. The van der Waals surface area contributed by atoms with Gasteiger partial charge in [0.15, 0.2) is 8.43 Å². The lowest BCUT2D eigenvalue weighted by molar-refractivity contribution is -0.126. The molecule has 0 heterocycles. The van der Waals surface area contributed by atoms with Gasteiger partial charge in [-0.1, -0.05) is 47.8 Å². The molecule has 5 heteroatoms. The summed E-state index contributed by atoms with van der Waals surface area (Å²) in [6, 6.07) is 0. The monoisotopic (exact) mass is 352 g/mol. The van der Waals surface area contributed by atoms with Crippen LogP contribution in [0.3, 0.4) is 0 Å². The molecular formula is C6H11Br3O2. The quantitative estimate of drug-likeness (QED) is 0.570. The molecule has 0 saturated heterocycles. The van der Waals surface area contributed by atoms with E-state index in [0.717, 1.165) is 0 Å². The smallest absolute Gasteiger partial charge is 0.192 e. The molecular weight excluding hydrogens is 344 g/mol. The molecule has 0 aromatic heterocycles. The highest BCUT2D eigenvalue weighted by atomic mass is 80.0. The zero-order valence-electron chi connectivity index (χ0n) is 6.44. The van der Waals surface area contributed by atoms with Crippen molar-refractivity contribution in [3.05, 3.63) is 0 Å². The zero-order chi connectivity index (χ0) is 8.91. The van der Waals surface area contributed by atoms with Crippen molar-refractivity contribution in [2.75, 3.05) is 13.2 Å². The summed E-state index contributed by atoms with van der Waals surface area (Å²) < 4.78 is 10.1. The van der Waals surface area contributed by atoms with E-state index in [0.29, 0.717) is 13.2 Å². The lowest BCUT2D eigenvalue weighted by Gasteiger charge is -2.24. The van der Waals surface area contributed by atoms with Crippen LogP contribution < -0.4 is 0 Å². The summed E-state index contributed by atoms with van der Waals surface area (Å²) in [5.41, 5.74) is 0.